The number of hydrogen-bond acceptors (Lipinski definition) is 7. The topological polar surface area (TPSA) is 66.5 Å². The van der Waals surface area contributed by atoms with Crippen molar-refractivity contribution in [1.29, 1.82) is 0 Å². The van der Waals surface area contributed by atoms with Gasteiger partial charge in [-0.1, -0.05) is 0 Å². The second-order valence-electron chi connectivity index (χ2n) is 7.20. The number of nitrogens with zero attached hydrogens (tertiary/aromatic N) is 1. The monoisotopic (exact) mass is 383 g/mol. The highest BCUT2D eigenvalue weighted by Gasteiger charge is 2.43. The molecule has 5 rings (SSSR count). The molecule has 0 radical (unpaired) electrons. The molecule has 0 fully saturated rings. The fourth-order valence-electron chi connectivity index (χ4n) is 4.34. The Bertz CT molecular complexity index is 972. The van der Waals surface area contributed by atoms with E-state index in [0.29, 0.717) is 17.1 Å². The van der Waals surface area contributed by atoms with Crippen LogP contribution in [0.2, 0.25) is 0 Å². The van der Waals surface area contributed by atoms with Crippen molar-refractivity contribution in [2.75, 3.05) is 34.6 Å². The van der Waals surface area contributed by atoms with E-state index >= 15 is 0 Å². The van der Waals surface area contributed by atoms with Crippen LogP contribution in [0.15, 0.2) is 24.3 Å². The van der Waals surface area contributed by atoms with E-state index in [9.17, 15) is 4.79 Å². The van der Waals surface area contributed by atoms with Crippen molar-refractivity contribution in [2.24, 2.45) is 0 Å². The van der Waals surface area contributed by atoms with Crippen LogP contribution in [0.1, 0.15) is 39.2 Å². The van der Waals surface area contributed by atoms with Crippen LogP contribution in [-0.4, -0.2) is 45.5 Å². The molecule has 0 spiro atoms. The molecule has 3 heterocycles. The number of rotatable bonds is 3. The summed E-state index contributed by atoms with van der Waals surface area (Å²) in [6, 6.07) is 7.48. The summed E-state index contributed by atoms with van der Waals surface area (Å²) in [7, 11) is 5.18. The quantitative estimate of drug-likeness (QED) is 0.755. The van der Waals surface area contributed by atoms with Gasteiger partial charge in [-0.3, -0.25) is 4.90 Å². The van der Waals surface area contributed by atoms with Gasteiger partial charge in [-0.25, -0.2) is 4.79 Å². The number of cyclic esters (lactones) is 1. The lowest BCUT2D eigenvalue weighted by atomic mass is 9.86. The first-order chi connectivity index (χ1) is 13.6. The molecule has 2 aromatic carbocycles. The molecule has 2 atom stereocenters. The van der Waals surface area contributed by atoms with Crippen LogP contribution in [0, 0.1) is 0 Å². The van der Waals surface area contributed by atoms with E-state index in [4.69, 9.17) is 23.7 Å². The number of hydrogen-bond donors (Lipinski definition) is 0. The van der Waals surface area contributed by atoms with Crippen molar-refractivity contribution in [3.63, 3.8) is 0 Å². The minimum Gasteiger partial charge on any atom is -0.493 e. The van der Waals surface area contributed by atoms with Crippen LogP contribution in [0.5, 0.6) is 23.0 Å². The Balaban J connectivity index is 1.63. The lowest BCUT2D eigenvalue weighted by Gasteiger charge is -2.37. The van der Waals surface area contributed by atoms with E-state index in [2.05, 4.69) is 4.90 Å². The van der Waals surface area contributed by atoms with Crippen LogP contribution >= 0.6 is 0 Å². The molecule has 0 N–H and O–H groups in total. The van der Waals surface area contributed by atoms with Gasteiger partial charge >= 0.3 is 5.97 Å². The van der Waals surface area contributed by atoms with Gasteiger partial charge in [0.25, 0.3) is 0 Å². The van der Waals surface area contributed by atoms with Crippen molar-refractivity contribution in [1.82, 2.24) is 4.90 Å². The van der Waals surface area contributed by atoms with E-state index in [-0.39, 0.29) is 18.8 Å². The molecule has 0 bridgehead atoms. The first-order valence-corrected chi connectivity index (χ1v) is 9.20. The van der Waals surface area contributed by atoms with Gasteiger partial charge in [0, 0.05) is 12.1 Å². The van der Waals surface area contributed by atoms with Crippen molar-refractivity contribution >= 4 is 5.97 Å². The Morgan fingerprint density at radius 2 is 1.71 bits per heavy atom. The molecular formula is C21H21NO6. The summed E-state index contributed by atoms with van der Waals surface area (Å²) < 4.78 is 27.8. The maximum absolute atomic E-state index is 12.6. The van der Waals surface area contributed by atoms with E-state index in [0.717, 1.165) is 35.6 Å². The van der Waals surface area contributed by atoms with Gasteiger partial charge in [-0.05, 0) is 48.9 Å². The lowest BCUT2D eigenvalue weighted by molar-refractivity contribution is 0.00939. The van der Waals surface area contributed by atoms with Gasteiger partial charge < -0.3 is 23.7 Å². The normalized spacial score (nSPS) is 22.5. The number of esters is 1. The SMILES string of the molecule is COc1cc2c(cc1OC)[C@@H]([C@@H]1c3cc4c(cc3CCN1C)OCO4)OC2=O. The molecule has 3 aliphatic rings. The van der Waals surface area contributed by atoms with Gasteiger partial charge in [0.2, 0.25) is 6.79 Å². The van der Waals surface area contributed by atoms with Gasteiger partial charge in [0.15, 0.2) is 23.0 Å². The minimum atomic E-state index is -0.438. The summed E-state index contributed by atoms with van der Waals surface area (Å²) >= 11 is 0. The molecule has 0 saturated heterocycles. The molecule has 7 heteroatoms. The summed E-state index contributed by atoms with van der Waals surface area (Å²) in [4.78, 5) is 14.8. The highest BCUT2D eigenvalue weighted by Crippen LogP contribution is 2.49. The van der Waals surface area contributed by atoms with Crippen molar-refractivity contribution in [3.8, 4) is 23.0 Å². The molecular weight excluding hydrogens is 362 g/mol. The molecule has 3 aliphatic heterocycles. The molecule has 0 amide bonds. The van der Waals surface area contributed by atoms with E-state index in [1.807, 2.05) is 25.2 Å². The summed E-state index contributed by atoms with van der Waals surface area (Å²) in [6.07, 6.45) is 0.463. The predicted molar refractivity (Wildman–Crippen MR) is 99.3 cm³/mol. The van der Waals surface area contributed by atoms with Gasteiger partial charge in [0.1, 0.15) is 6.10 Å². The zero-order valence-corrected chi connectivity index (χ0v) is 16.0. The van der Waals surface area contributed by atoms with Gasteiger partial charge in [-0.15, -0.1) is 0 Å². The Kier molecular flexibility index (Phi) is 3.87. The number of fused-ring (bicyclic) bond motifs is 3. The Hall–Kier alpha value is -2.93. The third-order valence-electron chi connectivity index (χ3n) is 5.76. The highest BCUT2D eigenvalue weighted by atomic mass is 16.7. The van der Waals surface area contributed by atoms with Crippen molar-refractivity contribution in [3.05, 3.63) is 46.5 Å². The van der Waals surface area contributed by atoms with E-state index in [1.54, 1.807) is 20.3 Å². The smallest absolute Gasteiger partial charge is 0.339 e. The molecule has 2 aromatic rings. The average molecular weight is 383 g/mol. The van der Waals surface area contributed by atoms with Crippen LogP contribution in [0.4, 0.5) is 0 Å². The third kappa shape index (κ3) is 2.43. The number of methoxy groups -OCH3 is 2. The second kappa shape index (κ2) is 6.31. The Morgan fingerprint density at radius 3 is 2.46 bits per heavy atom. The first-order valence-electron chi connectivity index (χ1n) is 9.20. The lowest BCUT2D eigenvalue weighted by Crippen LogP contribution is -2.36. The third-order valence-corrected chi connectivity index (χ3v) is 5.76. The molecule has 146 valence electrons. The zero-order chi connectivity index (χ0) is 19.4. The summed E-state index contributed by atoms with van der Waals surface area (Å²) in [5.74, 6) is 2.25. The predicted octanol–water partition coefficient (Wildman–Crippen LogP) is 2.87. The van der Waals surface area contributed by atoms with Crippen molar-refractivity contribution < 1.29 is 28.5 Å². The highest BCUT2D eigenvalue weighted by molar-refractivity contribution is 5.95. The van der Waals surface area contributed by atoms with Gasteiger partial charge in [0.05, 0.1) is 25.8 Å². The maximum atomic E-state index is 12.6. The number of benzene rings is 2. The maximum Gasteiger partial charge on any atom is 0.339 e. The molecule has 28 heavy (non-hydrogen) atoms. The first kappa shape index (κ1) is 17.2. The van der Waals surface area contributed by atoms with E-state index < -0.39 is 6.10 Å². The number of carbonyl (C=O) groups excluding carboxylic acids is 1. The largest absolute Gasteiger partial charge is 0.493 e. The van der Waals surface area contributed by atoms with Crippen LogP contribution in [0.3, 0.4) is 0 Å². The number of likely N-dealkylation sites (N-methyl/N-ethyl adjacent to an activating group) is 1. The fraction of sp³-hybridized carbons (Fsp3) is 0.381. The zero-order valence-electron chi connectivity index (χ0n) is 16.0. The number of carbonyl (C=O) groups is 1. The number of ether oxygens (including phenoxy) is 5. The molecule has 0 aliphatic carbocycles. The molecule has 0 aromatic heterocycles. The van der Waals surface area contributed by atoms with Crippen LogP contribution < -0.4 is 18.9 Å². The fourth-order valence-corrected chi connectivity index (χ4v) is 4.34. The standard InChI is InChI=1S/C21H21NO6/c1-22-5-4-11-6-17-18(27-10-26-17)7-12(11)19(22)20-13-8-15(24-2)16(25-3)9-14(13)21(23)28-20/h6-9,19-20H,4-5,10H2,1-3H3/t19-,20-/m0/s1. The van der Waals surface area contributed by atoms with Crippen LogP contribution in [0.25, 0.3) is 0 Å². The minimum absolute atomic E-state index is 0.124. The summed E-state index contributed by atoms with van der Waals surface area (Å²) in [6.45, 7) is 1.09. The Labute approximate surface area is 162 Å². The molecule has 0 saturated carbocycles. The van der Waals surface area contributed by atoms with E-state index in [1.165, 1.54) is 5.56 Å². The molecule has 7 nitrogen and oxygen atoms in total. The average Bonchev–Trinajstić information content (AvgIpc) is 3.29. The van der Waals surface area contributed by atoms with Crippen LogP contribution in [-0.2, 0) is 11.2 Å². The summed E-state index contributed by atoms with van der Waals surface area (Å²) in [5, 5.41) is 0. The molecule has 0 unspecified atom stereocenters. The summed E-state index contributed by atoms with van der Waals surface area (Å²) in [5.41, 5.74) is 3.62. The second-order valence-corrected chi connectivity index (χ2v) is 7.20. The van der Waals surface area contributed by atoms with Crippen molar-refractivity contribution in [2.45, 2.75) is 18.6 Å². The van der Waals surface area contributed by atoms with Gasteiger partial charge in [-0.2, -0.15) is 0 Å². The Morgan fingerprint density at radius 1 is 1.00 bits per heavy atom.